The van der Waals surface area contributed by atoms with Crippen LogP contribution in [-0.2, 0) is 19.6 Å². The quantitative estimate of drug-likeness (QED) is 0.382. The maximum atomic E-state index is 12.2. The molecule has 0 saturated carbocycles. The minimum absolute atomic E-state index is 0.141. The number of esters is 1. The third-order valence-corrected chi connectivity index (χ3v) is 6.32. The molecule has 0 aliphatic rings. The molecule has 0 radical (unpaired) electrons. The largest absolute Gasteiger partial charge is 0.452 e. The number of hydrogen-bond donors (Lipinski definition) is 2. The van der Waals surface area contributed by atoms with Gasteiger partial charge in [0.1, 0.15) is 0 Å². The summed E-state index contributed by atoms with van der Waals surface area (Å²) >= 11 is 12.2. The molecule has 0 fully saturated rings. The Morgan fingerprint density at radius 2 is 1.65 bits per heavy atom. The molecule has 2 N–H and O–H groups in total. The molecule has 0 atom stereocenters. The zero-order valence-electron chi connectivity index (χ0n) is 17.9. The molecule has 0 saturated heterocycles. The second kappa shape index (κ2) is 11.2. The van der Waals surface area contributed by atoms with Gasteiger partial charge in [-0.1, -0.05) is 59.6 Å². The van der Waals surface area contributed by atoms with E-state index < -0.39 is 28.5 Å². The van der Waals surface area contributed by atoms with Crippen LogP contribution in [0.3, 0.4) is 0 Å². The molecule has 10 heteroatoms. The van der Waals surface area contributed by atoms with Gasteiger partial charge in [-0.2, -0.15) is 0 Å². The van der Waals surface area contributed by atoms with E-state index in [1.807, 2.05) is 6.07 Å². The van der Waals surface area contributed by atoms with Crippen molar-refractivity contribution < 1.29 is 22.7 Å². The summed E-state index contributed by atoms with van der Waals surface area (Å²) in [6, 6.07) is 17.9. The van der Waals surface area contributed by atoms with Crippen molar-refractivity contribution in [2.75, 3.05) is 16.6 Å². The van der Waals surface area contributed by atoms with E-state index >= 15 is 0 Å². The third-order valence-electron chi connectivity index (χ3n) is 4.50. The van der Waals surface area contributed by atoms with Crippen molar-refractivity contribution >= 4 is 62.6 Å². The molecular weight excluding hydrogens is 499 g/mol. The van der Waals surface area contributed by atoms with Crippen molar-refractivity contribution in [1.82, 2.24) is 0 Å². The van der Waals surface area contributed by atoms with Crippen LogP contribution in [0.5, 0.6) is 0 Å². The average molecular weight is 519 g/mol. The summed E-state index contributed by atoms with van der Waals surface area (Å²) < 4.78 is 31.9. The van der Waals surface area contributed by atoms with Gasteiger partial charge in [0.2, 0.25) is 0 Å². The van der Waals surface area contributed by atoms with Gasteiger partial charge in [-0.15, -0.1) is 0 Å². The van der Waals surface area contributed by atoms with Gasteiger partial charge in [0, 0.05) is 5.69 Å². The summed E-state index contributed by atoms with van der Waals surface area (Å²) in [6.45, 7) is 1.20. The zero-order chi connectivity index (χ0) is 24.7. The van der Waals surface area contributed by atoms with E-state index in [0.717, 1.165) is 16.5 Å². The first-order valence-electron chi connectivity index (χ1n) is 9.92. The van der Waals surface area contributed by atoms with Gasteiger partial charge in [0.05, 0.1) is 26.7 Å². The highest BCUT2D eigenvalue weighted by Crippen LogP contribution is 2.32. The van der Waals surface area contributed by atoms with E-state index in [1.54, 1.807) is 43.3 Å². The molecule has 7 nitrogen and oxygen atoms in total. The molecular formula is C24H20Cl2N2O5S. The average Bonchev–Trinajstić information content (AvgIpc) is 2.82. The van der Waals surface area contributed by atoms with Crippen LogP contribution < -0.4 is 10.0 Å². The highest BCUT2D eigenvalue weighted by Gasteiger charge is 2.15. The number of carbonyl (C=O) groups excluding carboxylic acids is 2. The van der Waals surface area contributed by atoms with Gasteiger partial charge in [0.25, 0.3) is 15.9 Å². The molecule has 0 unspecified atom stereocenters. The summed E-state index contributed by atoms with van der Waals surface area (Å²) in [5, 5.41) is 4.12. The van der Waals surface area contributed by atoms with Gasteiger partial charge in [-0.25, -0.2) is 13.2 Å². The molecule has 0 aliphatic carbocycles. The predicted molar refractivity (Wildman–Crippen MR) is 135 cm³/mol. The normalized spacial score (nSPS) is 11.3. The Bertz CT molecular complexity index is 1330. The summed E-state index contributed by atoms with van der Waals surface area (Å²) in [5.41, 5.74) is 2.10. The Balaban J connectivity index is 1.55. The van der Waals surface area contributed by atoms with Gasteiger partial charge in [0.15, 0.2) is 6.61 Å². The molecule has 0 heterocycles. The highest BCUT2D eigenvalue weighted by atomic mass is 35.5. The molecule has 0 spiro atoms. The number of nitrogens with one attached hydrogen (secondary N) is 2. The molecule has 0 aromatic heterocycles. The van der Waals surface area contributed by atoms with Crippen molar-refractivity contribution in [3.8, 4) is 0 Å². The monoisotopic (exact) mass is 518 g/mol. The fourth-order valence-corrected chi connectivity index (χ4v) is 4.10. The molecule has 3 aromatic carbocycles. The fraction of sp³-hybridized carbons (Fsp3) is 0.0833. The SMILES string of the molecule is Cc1ccc(Cl)c(NC(=O)COC(=O)c2ccc(NS(=O)(=O)C=Cc3ccccc3)cc2)c1Cl. The number of amides is 1. The van der Waals surface area contributed by atoms with Gasteiger partial charge < -0.3 is 10.1 Å². The number of ether oxygens (including phenoxy) is 1. The van der Waals surface area contributed by atoms with Crippen LogP contribution in [0.1, 0.15) is 21.5 Å². The van der Waals surface area contributed by atoms with Gasteiger partial charge in [-0.05, 0) is 54.5 Å². The second-order valence-corrected chi connectivity index (χ2v) is 9.47. The first-order valence-corrected chi connectivity index (χ1v) is 12.2. The topological polar surface area (TPSA) is 102 Å². The fourth-order valence-electron chi connectivity index (χ4n) is 2.77. The zero-order valence-corrected chi connectivity index (χ0v) is 20.2. The summed E-state index contributed by atoms with van der Waals surface area (Å²) in [4.78, 5) is 24.4. The van der Waals surface area contributed by atoms with E-state index in [2.05, 4.69) is 10.0 Å². The molecule has 0 bridgehead atoms. The van der Waals surface area contributed by atoms with E-state index in [1.165, 1.54) is 30.3 Å². The lowest BCUT2D eigenvalue weighted by Gasteiger charge is -2.11. The first-order chi connectivity index (χ1) is 16.1. The Hall–Kier alpha value is -3.33. The lowest BCUT2D eigenvalue weighted by atomic mass is 10.2. The molecule has 1 amide bonds. The first kappa shape index (κ1) is 25.3. The predicted octanol–water partition coefficient (Wildman–Crippen LogP) is 5.51. The molecule has 0 aliphatic heterocycles. The number of benzene rings is 3. The van der Waals surface area contributed by atoms with Crippen LogP contribution in [0.4, 0.5) is 11.4 Å². The van der Waals surface area contributed by atoms with Crippen LogP contribution in [-0.4, -0.2) is 26.9 Å². The Labute approximate surface area is 207 Å². The van der Waals surface area contributed by atoms with Crippen LogP contribution >= 0.6 is 23.2 Å². The number of aryl methyl sites for hydroxylation is 1. The maximum Gasteiger partial charge on any atom is 0.338 e. The van der Waals surface area contributed by atoms with Crippen molar-refractivity contribution in [2.45, 2.75) is 6.92 Å². The van der Waals surface area contributed by atoms with E-state index in [-0.39, 0.29) is 22.0 Å². The smallest absolute Gasteiger partial charge is 0.338 e. The van der Waals surface area contributed by atoms with Crippen molar-refractivity contribution in [1.29, 1.82) is 0 Å². The standard InChI is InChI=1S/C24H20Cl2N2O5S/c1-16-7-12-20(25)23(22(16)26)27-21(29)15-33-24(30)18-8-10-19(11-9-18)28-34(31,32)14-13-17-5-3-2-4-6-17/h2-14,28H,15H2,1H3,(H,27,29). The van der Waals surface area contributed by atoms with Gasteiger partial charge in [-0.3, -0.25) is 9.52 Å². The number of sulfonamides is 1. The van der Waals surface area contributed by atoms with E-state index in [9.17, 15) is 18.0 Å². The number of rotatable bonds is 8. The van der Waals surface area contributed by atoms with Crippen molar-refractivity contribution in [2.24, 2.45) is 0 Å². The van der Waals surface area contributed by atoms with Crippen molar-refractivity contribution in [3.63, 3.8) is 0 Å². The van der Waals surface area contributed by atoms with Crippen LogP contribution in [0.2, 0.25) is 10.0 Å². The number of hydrogen-bond acceptors (Lipinski definition) is 5. The third kappa shape index (κ3) is 7.08. The van der Waals surface area contributed by atoms with Crippen LogP contribution in [0, 0.1) is 6.92 Å². The van der Waals surface area contributed by atoms with E-state index in [0.29, 0.717) is 5.02 Å². The summed E-state index contributed by atoms with van der Waals surface area (Å²) in [7, 11) is -3.75. The van der Waals surface area contributed by atoms with E-state index in [4.69, 9.17) is 27.9 Å². The summed E-state index contributed by atoms with van der Waals surface area (Å²) in [5.74, 6) is -1.37. The minimum atomic E-state index is -3.75. The lowest BCUT2D eigenvalue weighted by Crippen LogP contribution is -2.21. The summed E-state index contributed by atoms with van der Waals surface area (Å²) in [6.07, 6.45) is 1.47. The molecule has 176 valence electrons. The Kier molecular flexibility index (Phi) is 8.33. The lowest BCUT2D eigenvalue weighted by molar-refractivity contribution is -0.119. The molecule has 3 rings (SSSR count). The van der Waals surface area contributed by atoms with Crippen LogP contribution in [0.15, 0.2) is 72.1 Å². The van der Waals surface area contributed by atoms with Gasteiger partial charge >= 0.3 is 5.97 Å². The van der Waals surface area contributed by atoms with Crippen molar-refractivity contribution in [3.05, 3.63) is 98.9 Å². The van der Waals surface area contributed by atoms with Crippen LogP contribution in [0.25, 0.3) is 6.08 Å². The number of carbonyl (C=O) groups is 2. The molecule has 34 heavy (non-hydrogen) atoms. The molecule has 3 aromatic rings. The maximum absolute atomic E-state index is 12.2. The second-order valence-electron chi connectivity index (χ2n) is 7.12. The Morgan fingerprint density at radius 3 is 2.32 bits per heavy atom. The number of anilines is 2. The highest BCUT2D eigenvalue weighted by molar-refractivity contribution is 7.95. The Morgan fingerprint density at radius 1 is 0.971 bits per heavy atom. The number of halogens is 2. The minimum Gasteiger partial charge on any atom is -0.452 e.